The summed E-state index contributed by atoms with van der Waals surface area (Å²) in [4.78, 5) is 13.0. The molecule has 1 aromatic rings. The molecule has 0 saturated carbocycles. The van der Waals surface area contributed by atoms with Crippen LogP contribution in [0.2, 0.25) is 5.02 Å². The number of amides is 1. The highest BCUT2D eigenvalue weighted by atomic mass is 35.5. The Morgan fingerprint density at radius 3 is 2.57 bits per heavy atom. The van der Waals surface area contributed by atoms with Crippen LogP contribution in [0.4, 0.5) is 17.6 Å². The van der Waals surface area contributed by atoms with Gasteiger partial charge in [-0.1, -0.05) is 11.6 Å². The number of hydrogen-bond acceptors (Lipinski definition) is 2. The van der Waals surface area contributed by atoms with Gasteiger partial charge in [-0.25, -0.2) is 4.39 Å². The SMILES string of the molecule is NC1CCC(C(F)(F)F)N(C(=O)c2ccc(F)cc2Cl)C1. The molecular formula is C13H13ClF4N2O. The van der Waals surface area contributed by atoms with Crippen LogP contribution in [0.15, 0.2) is 18.2 Å². The van der Waals surface area contributed by atoms with Crippen molar-refractivity contribution in [1.29, 1.82) is 0 Å². The van der Waals surface area contributed by atoms with Gasteiger partial charge >= 0.3 is 6.18 Å². The van der Waals surface area contributed by atoms with Gasteiger partial charge in [0.25, 0.3) is 5.91 Å². The first-order valence-corrected chi connectivity index (χ1v) is 6.66. The minimum Gasteiger partial charge on any atom is -0.326 e. The van der Waals surface area contributed by atoms with Crippen LogP contribution in [0.3, 0.4) is 0 Å². The second-order valence-electron chi connectivity index (χ2n) is 4.98. The Bertz CT molecular complexity index is 549. The van der Waals surface area contributed by atoms with Crippen molar-refractivity contribution >= 4 is 17.5 Å². The summed E-state index contributed by atoms with van der Waals surface area (Å²) in [5.74, 6) is -1.56. The fourth-order valence-corrected chi connectivity index (χ4v) is 2.63. The highest BCUT2D eigenvalue weighted by Gasteiger charge is 2.47. The van der Waals surface area contributed by atoms with Gasteiger partial charge < -0.3 is 10.6 Å². The van der Waals surface area contributed by atoms with Crippen LogP contribution >= 0.6 is 11.6 Å². The lowest BCUT2D eigenvalue weighted by Gasteiger charge is -2.39. The third-order valence-electron chi connectivity index (χ3n) is 3.42. The van der Waals surface area contributed by atoms with Crippen molar-refractivity contribution in [2.75, 3.05) is 6.54 Å². The van der Waals surface area contributed by atoms with Crippen LogP contribution in [0.1, 0.15) is 23.2 Å². The molecule has 1 saturated heterocycles. The lowest BCUT2D eigenvalue weighted by Crippen LogP contribution is -2.56. The second kappa shape index (κ2) is 5.81. The number of carbonyl (C=O) groups excluding carboxylic acids is 1. The van der Waals surface area contributed by atoms with E-state index in [4.69, 9.17) is 17.3 Å². The molecule has 1 fully saturated rings. The minimum absolute atomic E-state index is 0.165. The first-order chi connectivity index (χ1) is 9.70. The van der Waals surface area contributed by atoms with Crippen LogP contribution < -0.4 is 5.73 Å². The molecule has 0 spiro atoms. The van der Waals surface area contributed by atoms with Crippen LogP contribution in [0, 0.1) is 5.82 Å². The summed E-state index contributed by atoms with van der Waals surface area (Å²) in [7, 11) is 0. The van der Waals surface area contributed by atoms with Gasteiger partial charge in [0.15, 0.2) is 0 Å². The van der Waals surface area contributed by atoms with Crippen molar-refractivity contribution in [3.05, 3.63) is 34.6 Å². The molecule has 1 aromatic carbocycles. The van der Waals surface area contributed by atoms with Gasteiger partial charge in [-0.15, -0.1) is 0 Å². The lowest BCUT2D eigenvalue weighted by molar-refractivity contribution is -0.184. The van der Waals surface area contributed by atoms with E-state index in [0.717, 1.165) is 18.2 Å². The maximum Gasteiger partial charge on any atom is 0.408 e. The fourth-order valence-electron chi connectivity index (χ4n) is 2.38. The fraction of sp³-hybridized carbons (Fsp3) is 0.462. The summed E-state index contributed by atoms with van der Waals surface area (Å²) in [6.07, 6.45) is -4.61. The smallest absolute Gasteiger partial charge is 0.326 e. The molecule has 116 valence electrons. The topological polar surface area (TPSA) is 46.3 Å². The zero-order chi connectivity index (χ0) is 15.8. The highest BCUT2D eigenvalue weighted by molar-refractivity contribution is 6.33. The van der Waals surface area contributed by atoms with Crippen molar-refractivity contribution in [1.82, 2.24) is 4.90 Å². The van der Waals surface area contributed by atoms with Crippen LogP contribution in [0.5, 0.6) is 0 Å². The zero-order valence-corrected chi connectivity index (χ0v) is 11.6. The minimum atomic E-state index is -4.54. The number of hydrogen-bond donors (Lipinski definition) is 1. The molecule has 0 aliphatic carbocycles. The number of alkyl halides is 3. The van der Waals surface area contributed by atoms with Gasteiger partial charge in [-0.2, -0.15) is 13.2 Å². The number of benzene rings is 1. The molecule has 21 heavy (non-hydrogen) atoms. The monoisotopic (exact) mass is 324 g/mol. The first-order valence-electron chi connectivity index (χ1n) is 6.28. The molecule has 2 unspecified atom stereocenters. The van der Waals surface area contributed by atoms with Crippen molar-refractivity contribution in [3.63, 3.8) is 0 Å². The Labute approximate surface area is 123 Å². The Kier molecular flexibility index (Phi) is 4.43. The molecule has 0 bridgehead atoms. The molecule has 2 rings (SSSR count). The highest BCUT2D eigenvalue weighted by Crippen LogP contribution is 2.33. The van der Waals surface area contributed by atoms with Crippen molar-refractivity contribution in [2.45, 2.75) is 31.1 Å². The number of piperidine rings is 1. The van der Waals surface area contributed by atoms with E-state index in [-0.39, 0.29) is 30.0 Å². The number of nitrogens with zero attached hydrogens (tertiary/aromatic N) is 1. The molecule has 1 aliphatic rings. The van der Waals surface area contributed by atoms with E-state index in [1.165, 1.54) is 0 Å². The molecule has 8 heteroatoms. The zero-order valence-electron chi connectivity index (χ0n) is 10.8. The molecule has 3 nitrogen and oxygen atoms in total. The van der Waals surface area contributed by atoms with Crippen LogP contribution in [0.25, 0.3) is 0 Å². The first kappa shape index (κ1) is 16.0. The predicted molar refractivity (Wildman–Crippen MR) is 69.5 cm³/mol. The van der Waals surface area contributed by atoms with Crippen LogP contribution in [-0.4, -0.2) is 35.6 Å². The summed E-state index contributed by atoms with van der Waals surface area (Å²) in [5.41, 5.74) is 5.49. The van der Waals surface area contributed by atoms with Gasteiger partial charge in [0.2, 0.25) is 0 Å². The summed E-state index contributed by atoms with van der Waals surface area (Å²) in [5, 5.41) is -0.222. The third kappa shape index (κ3) is 3.47. The molecular weight excluding hydrogens is 312 g/mol. The van der Waals surface area contributed by atoms with Gasteiger partial charge in [0.05, 0.1) is 10.6 Å². The van der Waals surface area contributed by atoms with Gasteiger partial charge in [-0.3, -0.25) is 4.79 Å². The van der Waals surface area contributed by atoms with E-state index in [2.05, 4.69) is 0 Å². The van der Waals surface area contributed by atoms with E-state index in [9.17, 15) is 22.4 Å². The maximum absolute atomic E-state index is 13.0. The summed E-state index contributed by atoms with van der Waals surface area (Å²) < 4.78 is 52.1. The lowest BCUT2D eigenvalue weighted by atomic mass is 9.97. The molecule has 1 aliphatic heterocycles. The van der Waals surface area contributed by atoms with Crippen molar-refractivity contribution in [3.8, 4) is 0 Å². The van der Waals surface area contributed by atoms with Crippen molar-refractivity contribution < 1.29 is 22.4 Å². The number of halogens is 5. The molecule has 1 heterocycles. The average Bonchev–Trinajstić information content (AvgIpc) is 2.36. The van der Waals surface area contributed by atoms with Gasteiger partial charge in [0.1, 0.15) is 11.9 Å². The molecule has 2 N–H and O–H groups in total. The third-order valence-corrected chi connectivity index (χ3v) is 3.73. The van der Waals surface area contributed by atoms with E-state index in [1.807, 2.05) is 0 Å². The molecule has 2 atom stereocenters. The van der Waals surface area contributed by atoms with E-state index in [0.29, 0.717) is 4.90 Å². The number of nitrogens with two attached hydrogens (primary N) is 1. The Balaban J connectivity index is 2.33. The number of likely N-dealkylation sites (tertiary alicyclic amines) is 1. The van der Waals surface area contributed by atoms with E-state index >= 15 is 0 Å². The predicted octanol–water partition coefficient (Wildman–Crippen LogP) is 2.97. The van der Waals surface area contributed by atoms with E-state index in [1.54, 1.807) is 0 Å². The number of carbonyl (C=O) groups is 1. The summed E-state index contributed by atoms with van der Waals surface area (Å²) in [6.45, 7) is -0.212. The van der Waals surface area contributed by atoms with Crippen LogP contribution in [-0.2, 0) is 0 Å². The molecule has 0 aromatic heterocycles. The quantitative estimate of drug-likeness (QED) is 0.807. The Hall–Kier alpha value is -1.34. The van der Waals surface area contributed by atoms with Crippen molar-refractivity contribution in [2.24, 2.45) is 5.73 Å². The molecule has 1 amide bonds. The van der Waals surface area contributed by atoms with Gasteiger partial charge in [0, 0.05) is 12.6 Å². The van der Waals surface area contributed by atoms with Gasteiger partial charge in [-0.05, 0) is 31.0 Å². The number of rotatable bonds is 1. The summed E-state index contributed by atoms with van der Waals surface area (Å²) in [6, 6.07) is 0.526. The standard InChI is InChI=1S/C13H13ClF4N2O/c14-10-5-7(15)1-3-9(10)12(21)20-6-8(19)2-4-11(20)13(16,17)18/h1,3,5,8,11H,2,4,6,19H2. The Morgan fingerprint density at radius 2 is 2.00 bits per heavy atom. The van der Waals surface area contributed by atoms with E-state index < -0.39 is 30.0 Å². The largest absolute Gasteiger partial charge is 0.408 e. The summed E-state index contributed by atoms with van der Waals surface area (Å²) >= 11 is 5.74. The Morgan fingerprint density at radius 1 is 1.33 bits per heavy atom. The average molecular weight is 325 g/mol. The normalized spacial score (nSPS) is 23.2. The maximum atomic E-state index is 13.0. The molecule has 0 radical (unpaired) electrons. The second-order valence-corrected chi connectivity index (χ2v) is 5.38.